The number of nitrogens with zero attached hydrogens (tertiary/aromatic N) is 1. The second-order valence-electron chi connectivity index (χ2n) is 3.87. The van der Waals surface area contributed by atoms with Crippen LogP contribution >= 0.6 is 11.6 Å². The smallest absolute Gasteiger partial charge is 0.200 e. The van der Waals surface area contributed by atoms with Gasteiger partial charge in [0.25, 0.3) is 0 Å². The van der Waals surface area contributed by atoms with E-state index < -0.39 is 34.8 Å². The van der Waals surface area contributed by atoms with Gasteiger partial charge in [0.05, 0.1) is 11.3 Å². The van der Waals surface area contributed by atoms with Crippen LogP contribution in [0.1, 0.15) is 5.56 Å². The van der Waals surface area contributed by atoms with Crippen molar-refractivity contribution < 1.29 is 22.0 Å². The molecule has 21 heavy (non-hydrogen) atoms. The molecule has 0 aromatic heterocycles. The molecule has 0 aliphatic carbocycles. The Labute approximate surface area is 120 Å². The lowest BCUT2D eigenvalue weighted by Gasteiger charge is -2.12. The lowest BCUT2D eigenvalue weighted by Crippen LogP contribution is -2.07. The van der Waals surface area contributed by atoms with Gasteiger partial charge >= 0.3 is 0 Å². The van der Waals surface area contributed by atoms with Crippen LogP contribution in [0.15, 0.2) is 18.2 Å². The van der Waals surface area contributed by atoms with E-state index in [0.717, 1.165) is 6.07 Å². The van der Waals surface area contributed by atoms with Gasteiger partial charge in [-0.2, -0.15) is 5.26 Å². The van der Waals surface area contributed by atoms with Gasteiger partial charge in [0.2, 0.25) is 5.82 Å². The third-order valence-corrected chi connectivity index (χ3v) is 2.81. The highest BCUT2D eigenvalue weighted by Crippen LogP contribution is 2.31. The van der Waals surface area contributed by atoms with Crippen LogP contribution in [0.25, 0.3) is 0 Å². The molecule has 1 N–H and O–H groups in total. The van der Waals surface area contributed by atoms with E-state index in [4.69, 9.17) is 16.9 Å². The van der Waals surface area contributed by atoms with Gasteiger partial charge < -0.3 is 5.32 Å². The zero-order valence-electron chi connectivity index (χ0n) is 9.95. The van der Waals surface area contributed by atoms with Gasteiger partial charge in [0, 0.05) is 5.02 Å². The maximum atomic E-state index is 13.5. The first-order valence-corrected chi connectivity index (χ1v) is 5.72. The number of nitriles is 1. The first kappa shape index (κ1) is 15.1. The Kier molecular flexibility index (Phi) is 4.00. The first-order chi connectivity index (χ1) is 9.86. The molecule has 0 aliphatic rings. The zero-order chi connectivity index (χ0) is 15.7. The van der Waals surface area contributed by atoms with Crippen molar-refractivity contribution in [2.24, 2.45) is 0 Å². The molecule has 0 amide bonds. The number of halogens is 6. The summed E-state index contributed by atoms with van der Waals surface area (Å²) in [5.74, 6) is -10.5. The van der Waals surface area contributed by atoms with Crippen molar-refractivity contribution in [3.05, 3.63) is 57.9 Å². The Balaban J connectivity index is 2.61. The Morgan fingerprint density at radius 2 is 1.43 bits per heavy atom. The predicted octanol–water partition coefficient (Wildman–Crippen LogP) is 4.65. The summed E-state index contributed by atoms with van der Waals surface area (Å²) in [5, 5.41) is 11.0. The van der Waals surface area contributed by atoms with E-state index in [2.05, 4.69) is 0 Å². The second kappa shape index (κ2) is 5.58. The molecule has 0 unspecified atom stereocenters. The molecule has 8 heteroatoms. The van der Waals surface area contributed by atoms with Crippen molar-refractivity contribution in [3.63, 3.8) is 0 Å². The van der Waals surface area contributed by atoms with E-state index in [9.17, 15) is 22.0 Å². The normalized spacial score (nSPS) is 10.3. The van der Waals surface area contributed by atoms with Gasteiger partial charge in [0.15, 0.2) is 23.3 Å². The fraction of sp³-hybridized carbons (Fsp3) is 0. The van der Waals surface area contributed by atoms with Crippen LogP contribution in [-0.2, 0) is 0 Å². The largest absolute Gasteiger partial charge is 0.349 e. The molecule has 0 aliphatic heterocycles. The molecule has 0 radical (unpaired) electrons. The summed E-state index contributed by atoms with van der Waals surface area (Å²) >= 11 is 5.66. The summed E-state index contributed by atoms with van der Waals surface area (Å²) in [7, 11) is 0. The number of nitrogens with one attached hydrogen (secondary N) is 1. The van der Waals surface area contributed by atoms with Crippen LogP contribution in [0.4, 0.5) is 33.3 Å². The first-order valence-electron chi connectivity index (χ1n) is 5.35. The molecular formula is C13H4ClF5N2. The molecule has 108 valence electrons. The molecule has 0 fully saturated rings. The molecule has 0 atom stereocenters. The summed E-state index contributed by atoms with van der Waals surface area (Å²) in [4.78, 5) is 0. The van der Waals surface area contributed by atoms with Gasteiger partial charge in [0.1, 0.15) is 11.8 Å². The highest BCUT2D eigenvalue weighted by molar-refractivity contribution is 6.30. The predicted molar refractivity (Wildman–Crippen MR) is 65.7 cm³/mol. The maximum Gasteiger partial charge on any atom is 0.200 e. The summed E-state index contributed by atoms with van der Waals surface area (Å²) in [6.07, 6.45) is 0. The highest BCUT2D eigenvalue weighted by Gasteiger charge is 2.26. The van der Waals surface area contributed by atoms with E-state index in [1.807, 2.05) is 5.32 Å². The molecule has 0 heterocycles. The number of rotatable bonds is 2. The molecule has 0 saturated carbocycles. The minimum atomic E-state index is -2.26. The standard InChI is InChI=1S/C13H4ClF5N2/c14-6-2-1-5(4-20)7(3-6)21-13-11(18)9(16)8(15)10(17)12(13)19/h1-3,21H. The minimum Gasteiger partial charge on any atom is -0.349 e. The molecule has 2 aromatic rings. The average Bonchev–Trinajstić information content (AvgIpc) is 2.48. The van der Waals surface area contributed by atoms with E-state index in [0.29, 0.717) is 0 Å². The van der Waals surface area contributed by atoms with Gasteiger partial charge in [-0.25, -0.2) is 22.0 Å². The van der Waals surface area contributed by atoms with Crippen molar-refractivity contribution in [1.82, 2.24) is 0 Å². The summed E-state index contributed by atoms with van der Waals surface area (Å²) in [6, 6.07) is 5.39. The Morgan fingerprint density at radius 1 is 0.905 bits per heavy atom. The van der Waals surface area contributed by atoms with Crippen molar-refractivity contribution in [2.75, 3.05) is 5.32 Å². The van der Waals surface area contributed by atoms with Gasteiger partial charge in [-0.15, -0.1) is 0 Å². The van der Waals surface area contributed by atoms with Gasteiger partial charge in [-0.3, -0.25) is 0 Å². The van der Waals surface area contributed by atoms with Gasteiger partial charge in [-0.1, -0.05) is 11.6 Å². The highest BCUT2D eigenvalue weighted by atomic mass is 35.5. The van der Waals surface area contributed by atoms with Crippen molar-refractivity contribution in [2.45, 2.75) is 0 Å². The van der Waals surface area contributed by atoms with Crippen molar-refractivity contribution in [1.29, 1.82) is 5.26 Å². The van der Waals surface area contributed by atoms with Gasteiger partial charge in [-0.05, 0) is 18.2 Å². The number of hydrogen-bond donors (Lipinski definition) is 1. The number of anilines is 2. The quantitative estimate of drug-likeness (QED) is 0.497. The van der Waals surface area contributed by atoms with Crippen LogP contribution < -0.4 is 5.32 Å². The monoisotopic (exact) mass is 318 g/mol. The maximum absolute atomic E-state index is 13.5. The topological polar surface area (TPSA) is 35.8 Å². The second-order valence-corrected chi connectivity index (χ2v) is 4.31. The molecule has 0 saturated heterocycles. The van der Waals surface area contributed by atoms with E-state index in [-0.39, 0.29) is 16.3 Å². The van der Waals surface area contributed by atoms with E-state index >= 15 is 0 Å². The average molecular weight is 319 g/mol. The van der Waals surface area contributed by atoms with Crippen LogP contribution in [0.3, 0.4) is 0 Å². The molecule has 2 nitrogen and oxygen atoms in total. The minimum absolute atomic E-state index is 0.0802. The molecule has 0 spiro atoms. The number of benzene rings is 2. The SMILES string of the molecule is N#Cc1ccc(Cl)cc1Nc1c(F)c(F)c(F)c(F)c1F. The fourth-order valence-corrected chi connectivity index (χ4v) is 1.74. The summed E-state index contributed by atoms with van der Waals surface area (Å²) in [5.41, 5.74) is -1.53. The molecule has 0 bridgehead atoms. The molecular weight excluding hydrogens is 315 g/mol. The third-order valence-electron chi connectivity index (χ3n) is 2.57. The van der Waals surface area contributed by atoms with Crippen molar-refractivity contribution >= 4 is 23.0 Å². The fourth-order valence-electron chi connectivity index (χ4n) is 1.57. The van der Waals surface area contributed by atoms with Crippen LogP contribution in [-0.4, -0.2) is 0 Å². The third kappa shape index (κ3) is 2.62. The summed E-state index contributed by atoms with van der Waals surface area (Å²) < 4.78 is 66.1. The van der Waals surface area contributed by atoms with E-state index in [1.54, 1.807) is 6.07 Å². The van der Waals surface area contributed by atoms with Crippen LogP contribution in [0, 0.1) is 40.4 Å². The van der Waals surface area contributed by atoms with Crippen LogP contribution in [0.2, 0.25) is 5.02 Å². The number of hydrogen-bond acceptors (Lipinski definition) is 2. The van der Waals surface area contributed by atoms with Crippen molar-refractivity contribution in [3.8, 4) is 6.07 Å². The van der Waals surface area contributed by atoms with E-state index in [1.165, 1.54) is 12.1 Å². The lowest BCUT2D eigenvalue weighted by atomic mass is 10.1. The Hall–Kier alpha value is -2.33. The lowest BCUT2D eigenvalue weighted by molar-refractivity contribution is 0.382. The van der Waals surface area contributed by atoms with Crippen LogP contribution in [0.5, 0.6) is 0 Å². The zero-order valence-corrected chi connectivity index (χ0v) is 10.7. The molecule has 2 rings (SSSR count). The molecule has 2 aromatic carbocycles. The Morgan fingerprint density at radius 3 is 1.95 bits per heavy atom. The summed E-state index contributed by atoms with van der Waals surface area (Å²) in [6.45, 7) is 0. The Bertz CT molecular complexity index is 741.